The van der Waals surface area contributed by atoms with Gasteiger partial charge in [-0.3, -0.25) is 15.6 Å². The van der Waals surface area contributed by atoms with Crippen LogP contribution in [0.4, 0.5) is 15.8 Å². The first-order valence-electron chi connectivity index (χ1n) is 5.60. The number of hydrazine groups is 1. The Hall–Kier alpha value is -2.47. The molecule has 2 aromatic rings. The maximum atomic E-state index is 13.0. The van der Waals surface area contributed by atoms with Crippen molar-refractivity contribution in [3.63, 3.8) is 0 Å². The summed E-state index contributed by atoms with van der Waals surface area (Å²) in [6, 6.07) is 7.30. The zero-order chi connectivity index (χ0) is 13.8. The number of halogens is 1. The fourth-order valence-electron chi connectivity index (χ4n) is 1.60. The van der Waals surface area contributed by atoms with Crippen LogP contribution in [0.3, 0.4) is 0 Å². The molecule has 0 aliphatic carbocycles. The van der Waals surface area contributed by atoms with E-state index in [1.165, 1.54) is 30.5 Å². The lowest BCUT2D eigenvalue weighted by molar-refractivity contribution is 0.102. The lowest BCUT2D eigenvalue weighted by Gasteiger charge is -2.08. The Kier molecular flexibility index (Phi) is 3.72. The van der Waals surface area contributed by atoms with Gasteiger partial charge in [0.2, 0.25) is 0 Å². The summed E-state index contributed by atoms with van der Waals surface area (Å²) in [5.74, 6) is 4.53. The number of amides is 1. The second-order valence-electron chi connectivity index (χ2n) is 3.99. The first kappa shape index (κ1) is 13.0. The van der Waals surface area contributed by atoms with Crippen LogP contribution in [0.15, 0.2) is 36.5 Å². The molecule has 1 aromatic carbocycles. The standard InChI is InChI=1S/C13H13FN4O/c1-8-6-9(14)2-3-11(8)17-13(19)12-7-10(18-15)4-5-16-12/h2-7H,15H2,1H3,(H,16,18)(H,17,19). The van der Waals surface area contributed by atoms with E-state index in [1.54, 1.807) is 13.0 Å². The predicted octanol–water partition coefficient (Wildman–Crippen LogP) is 2.07. The molecule has 0 radical (unpaired) electrons. The highest BCUT2D eigenvalue weighted by Gasteiger charge is 2.10. The highest BCUT2D eigenvalue weighted by Crippen LogP contribution is 2.17. The summed E-state index contributed by atoms with van der Waals surface area (Å²) in [6.45, 7) is 1.71. The van der Waals surface area contributed by atoms with Gasteiger partial charge in [-0.25, -0.2) is 4.39 Å². The number of pyridine rings is 1. The quantitative estimate of drug-likeness (QED) is 0.583. The molecule has 98 valence electrons. The van der Waals surface area contributed by atoms with E-state index in [-0.39, 0.29) is 17.4 Å². The van der Waals surface area contributed by atoms with E-state index in [9.17, 15) is 9.18 Å². The van der Waals surface area contributed by atoms with Crippen molar-refractivity contribution in [2.45, 2.75) is 6.92 Å². The van der Waals surface area contributed by atoms with Crippen molar-refractivity contribution in [1.29, 1.82) is 0 Å². The number of aromatic nitrogens is 1. The lowest BCUT2D eigenvalue weighted by atomic mass is 10.2. The van der Waals surface area contributed by atoms with Gasteiger partial charge in [0.1, 0.15) is 11.5 Å². The molecule has 0 saturated carbocycles. The van der Waals surface area contributed by atoms with Crippen LogP contribution in [0.5, 0.6) is 0 Å². The zero-order valence-corrected chi connectivity index (χ0v) is 10.3. The van der Waals surface area contributed by atoms with Crippen molar-refractivity contribution in [2.75, 3.05) is 10.7 Å². The van der Waals surface area contributed by atoms with E-state index < -0.39 is 0 Å². The van der Waals surface area contributed by atoms with Gasteiger partial charge in [0.05, 0.1) is 5.69 Å². The zero-order valence-electron chi connectivity index (χ0n) is 10.3. The summed E-state index contributed by atoms with van der Waals surface area (Å²) in [5.41, 5.74) is 4.42. The molecule has 4 N–H and O–H groups in total. The number of carbonyl (C=O) groups is 1. The van der Waals surface area contributed by atoms with Crippen molar-refractivity contribution in [3.8, 4) is 0 Å². The van der Waals surface area contributed by atoms with Crippen LogP contribution >= 0.6 is 0 Å². The number of nitrogens with one attached hydrogen (secondary N) is 2. The molecule has 1 amide bonds. The minimum atomic E-state index is -0.383. The van der Waals surface area contributed by atoms with Gasteiger partial charge in [0.25, 0.3) is 5.91 Å². The van der Waals surface area contributed by atoms with Crippen LogP contribution in [0, 0.1) is 12.7 Å². The number of rotatable bonds is 3. The van der Waals surface area contributed by atoms with Crippen molar-refractivity contribution in [1.82, 2.24) is 4.98 Å². The number of anilines is 2. The molecule has 0 aliphatic heterocycles. The number of nitrogen functional groups attached to an aromatic ring is 1. The number of aryl methyl sites for hydroxylation is 1. The fourth-order valence-corrected chi connectivity index (χ4v) is 1.60. The third-order valence-corrected chi connectivity index (χ3v) is 2.60. The van der Waals surface area contributed by atoms with Crippen molar-refractivity contribution < 1.29 is 9.18 Å². The molecule has 0 unspecified atom stereocenters. The largest absolute Gasteiger partial charge is 0.324 e. The van der Waals surface area contributed by atoms with Crippen LogP contribution < -0.4 is 16.6 Å². The molecule has 1 heterocycles. The summed E-state index contributed by atoms with van der Waals surface area (Å²) in [5, 5.41) is 2.67. The SMILES string of the molecule is Cc1cc(F)ccc1NC(=O)c1cc(NN)ccn1. The first-order chi connectivity index (χ1) is 9.10. The molecule has 2 rings (SSSR count). The van der Waals surface area contributed by atoms with Gasteiger partial charge in [-0.1, -0.05) is 0 Å². The highest BCUT2D eigenvalue weighted by atomic mass is 19.1. The Morgan fingerprint density at radius 1 is 1.32 bits per heavy atom. The molecule has 0 fully saturated rings. The number of hydrogen-bond donors (Lipinski definition) is 3. The number of nitrogens with zero attached hydrogens (tertiary/aromatic N) is 1. The summed E-state index contributed by atoms with van der Waals surface area (Å²) in [6.07, 6.45) is 1.47. The first-order valence-corrected chi connectivity index (χ1v) is 5.60. The van der Waals surface area contributed by atoms with E-state index in [2.05, 4.69) is 15.7 Å². The molecule has 0 spiro atoms. The predicted molar refractivity (Wildman–Crippen MR) is 71.1 cm³/mol. The fraction of sp³-hybridized carbons (Fsp3) is 0.0769. The Morgan fingerprint density at radius 2 is 2.11 bits per heavy atom. The molecule has 0 aliphatic rings. The molecule has 0 atom stereocenters. The van der Waals surface area contributed by atoms with Gasteiger partial charge < -0.3 is 10.7 Å². The molecule has 6 heteroatoms. The average Bonchev–Trinajstić information content (AvgIpc) is 2.42. The molecule has 19 heavy (non-hydrogen) atoms. The Balaban J connectivity index is 2.20. The topological polar surface area (TPSA) is 80.0 Å². The molecule has 0 bridgehead atoms. The third kappa shape index (κ3) is 3.05. The van der Waals surface area contributed by atoms with Crippen LogP contribution in [-0.2, 0) is 0 Å². The second-order valence-corrected chi connectivity index (χ2v) is 3.99. The van der Waals surface area contributed by atoms with Crippen LogP contribution in [-0.4, -0.2) is 10.9 Å². The van der Waals surface area contributed by atoms with Crippen molar-refractivity contribution in [3.05, 3.63) is 53.6 Å². The minimum absolute atomic E-state index is 0.221. The molecular formula is C13H13FN4O. The number of hydrogen-bond acceptors (Lipinski definition) is 4. The number of nitrogens with two attached hydrogens (primary N) is 1. The summed E-state index contributed by atoms with van der Waals surface area (Å²) < 4.78 is 13.0. The van der Waals surface area contributed by atoms with Gasteiger partial charge in [0, 0.05) is 11.9 Å². The van der Waals surface area contributed by atoms with Gasteiger partial charge in [-0.2, -0.15) is 0 Å². The van der Waals surface area contributed by atoms with Crippen LogP contribution in [0.1, 0.15) is 16.1 Å². The Bertz CT molecular complexity index is 615. The summed E-state index contributed by atoms with van der Waals surface area (Å²) in [7, 11) is 0. The molecule has 5 nitrogen and oxygen atoms in total. The molecule has 1 aromatic heterocycles. The normalized spacial score (nSPS) is 10.1. The van der Waals surface area contributed by atoms with Gasteiger partial charge in [0.15, 0.2) is 0 Å². The van der Waals surface area contributed by atoms with Gasteiger partial charge >= 0.3 is 0 Å². The van der Waals surface area contributed by atoms with Crippen molar-refractivity contribution >= 4 is 17.3 Å². The van der Waals surface area contributed by atoms with Gasteiger partial charge in [-0.15, -0.1) is 0 Å². The second kappa shape index (κ2) is 5.45. The van der Waals surface area contributed by atoms with E-state index in [1.807, 2.05) is 0 Å². The van der Waals surface area contributed by atoms with Crippen LogP contribution in [0.25, 0.3) is 0 Å². The summed E-state index contributed by atoms with van der Waals surface area (Å²) in [4.78, 5) is 15.9. The van der Waals surface area contributed by atoms with Gasteiger partial charge in [-0.05, 0) is 42.8 Å². The molecular weight excluding hydrogens is 247 g/mol. The van der Waals surface area contributed by atoms with E-state index in [4.69, 9.17) is 5.84 Å². The molecule has 0 saturated heterocycles. The third-order valence-electron chi connectivity index (χ3n) is 2.60. The average molecular weight is 260 g/mol. The highest BCUT2D eigenvalue weighted by molar-refractivity contribution is 6.03. The maximum absolute atomic E-state index is 13.0. The number of benzene rings is 1. The Labute approximate surface area is 109 Å². The van der Waals surface area contributed by atoms with E-state index in [0.29, 0.717) is 16.9 Å². The monoisotopic (exact) mass is 260 g/mol. The maximum Gasteiger partial charge on any atom is 0.274 e. The van der Waals surface area contributed by atoms with E-state index in [0.717, 1.165) is 0 Å². The van der Waals surface area contributed by atoms with Crippen LogP contribution in [0.2, 0.25) is 0 Å². The lowest BCUT2D eigenvalue weighted by Crippen LogP contribution is -2.15. The smallest absolute Gasteiger partial charge is 0.274 e. The Morgan fingerprint density at radius 3 is 2.79 bits per heavy atom. The summed E-state index contributed by atoms with van der Waals surface area (Å²) >= 11 is 0. The number of carbonyl (C=O) groups excluding carboxylic acids is 1. The minimum Gasteiger partial charge on any atom is -0.324 e. The van der Waals surface area contributed by atoms with Crippen molar-refractivity contribution in [2.24, 2.45) is 5.84 Å². The van der Waals surface area contributed by atoms with E-state index >= 15 is 0 Å².